The number of ether oxygens (including phenoxy) is 1. The number of hydrogen-bond acceptors (Lipinski definition) is 6. The van der Waals surface area contributed by atoms with E-state index in [1.54, 1.807) is 6.07 Å². The van der Waals surface area contributed by atoms with Crippen LogP contribution in [0.5, 0.6) is 5.75 Å². The monoisotopic (exact) mass is 435 g/mol. The molecule has 0 spiro atoms. The molecule has 0 saturated heterocycles. The molecule has 2 aromatic rings. The van der Waals surface area contributed by atoms with E-state index in [1.165, 1.54) is 18.2 Å². The zero-order valence-electron chi connectivity index (χ0n) is 17.0. The average molecular weight is 436 g/mol. The first kappa shape index (κ1) is 23.3. The number of rotatable bonds is 9. The van der Waals surface area contributed by atoms with E-state index in [-0.39, 0.29) is 35.7 Å². The number of nitrogens with zero attached hydrogens (tertiary/aromatic N) is 1. The Morgan fingerprint density at radius 1 is 1.10 bits per heavy atom. The summed E-state index contributed by atoms with van der Waals surface area (Å²) in [5, 5.41) is 13.4. The number of nitrogens with one attached hydrogen (secondary N) is 2. The summed E-state index contributed by atoms with van der Waals surface area (Å²) in [5.41, 5.74) is 0.513. The minimum atomic E-state index is -3.93. The second-order valence-corrected chi connectivity index (χ2v) is 9.30. The normalized spacial score (nSPS) is 11.7. The number of carbonyl (C=O) groups excluding carboxylic acids is 1. The van der Waals surface area contributed by atoms with Gasteiger partial charge >= 0.3 is 0 Å². The van der Waals surface area contributed by atoms with Crippen LogP contribution in [0.4, 0.5) is 5.69 Å². The summed E-state index contributed by atoms with van der Waals surface area (Å²) in [6.45, 7) is 5.89. The molecule has 0 aliphatic rings. The van der Waals surface area contributed by atoms with Gasteiger partial charge in [0.25, 0.3) is 11.6 Å². The standard InChI is InChI=1S/C20H25N3O6S/c1-20(2,3)17-9-4-5-10-18(17)29-14-19(24)21-11-12-22-30(27,28)16-8-6-7-15(13-16)23(25)26/h4-10,13,22H,11-12,14H2,1-3H3,(H,21,24). The Kier molecular flexibility index (Phi) is 7.52. The Balaban J connectivity index is 1.83. The summed E-state index contributed by atoms with van der Waals surface area (Å²) in [6.07, 6.45) is 0. The molecule has 0 aliphatic carbocycles. The van der Waals surface area contributed by atoms with Gasteiger partial charge in [0, 0.05) is 25.2 Å². The van der Waals surface area contributed by atoms with Gasteiger partial charge in [-0.1, -0.05) is 45.0 Å². The summed E-state index contributed by atoms with van der Waals surface area (Å²) >= 11 is 0. The lowest BCUT2D eigenvalue weighted by Gasteiger charge is -2.22. The van der Waals surface area contributed by atoms with Crippen molar-refractivity contribution in [3.8, 4) is 5.75 Å². The van der Waals surface area contributed by atoms with Crippen LogP contribution in [0, 0.1) is 10.1 Å². The first-order valence-electron chi connectivity index (χ1n) is 9.24. The van der Waals surface area contributed by atoms with Gasteiger partial charge in [-0.05, 0) is 23.1 Å². The second kappa shape index (κ2) is 9.68. The maximum Gasteiger partial charge on any atom is 0.270 e. The molecular formula is C20H25N3O6S. The summed E-state index contributed by atoms with van der Waals surface area (Å²) < 4.78 is 32.4. The van der Waals surface area contributed by atoms with Crippen molar-refractivity contribution in [2.24, 2.45) is 0 Å². The highest BCUT2D eigenvalue weighted by Gasteiger charge is 2.19. The number of nitro groups is 1. The van der Waals surface area contributed by atoms with Crippen LogP contribution in [-0.2, 0) is 20.2 Å². The number of sulfonamides is 1. The third-order valence-electron chi connectivity index (χ3n) is 4.13. The summed E-state index contributed by atoms with van der Waals surface area (Å²) in [7, 11) is -3.93. The van der Waals surface area contributed by atoms with Gasteiger partial charge in [0.1, 0.15) is 5.75 Å². The van der Waals surface area contributed by atoms with E-state index in [4.69, 9.17) is 4.74 Å². The molecule has 30 heavy (non-hydrogen) atoms. The number of para-hydroxylation sites is 1. The number of amides is 1. The van der Waals surface area contributed by atoms with Gasteiger partial charge in [-0.3, -0.25) is 14.9 Å². The SMILES string of the molecule is CC(C)(C)c1ccccc1OCC(=O)NCCNS(=O)(=O)c1cccc([N+](=O)[O-])c1. The van der Waals surface area contributed by atoms with E-state index in [9.17, 15) is 23.3 Å². The topological polar surface area (TPSA) is 128 Å². The molecule has 2 rings (SSSR count). The lowest BCUT2D eigenvalue weighted by atomic mass is 9.86. The Labute approximate surface area is 175 Å². The van der Waals surface area contributed by atoms with Crippen molar-refractivity contribution < 1.29 is 22.9 Å². The van der Waals surface area contributed by atoms with Gasteiger partial charge in [-0.2, -0.15) is 0 Å². The van der Waals surface area contributed by atoms with E-state index >= 15 is 0 Å². The number of nitro benzene ring substituents is 1. The molecular weight excluding hydrogens is 410 g/mol. The van der Waals surface area contributed by atoms with E-state index in [0.29, 0.717) is 5.75 Å². The van der Waals surface area contributed by atoms with Crippen LogP contribution in [0.3, 0.4) is 0 Å². The first-order chi connectivity index (χ1) is 14.0. The van der Waals surface area contributed by atoms with E-state index in [2.05, 4.69) is 10.0 Å². The van der Waals surface area contributed by atoms with Crippen molar-refractivity contribution >= 4 is 21.6 Å². The minimum absolute atomic E-state index is 0.0390. The molecule has 10 heteroatoms. The minimum Gasteiger partial charge on any atom is -0.483 e. The molecule has 2 N–H and O–H groups in total. The summed E-state index contributed by atoms with van der Waals surface area (Å²) in [5.74, 6) is 0.222. The molecule has 162 valence electrons. The highest BCUT2D eigenvalue weighted by Crippen LogP contribution is 2.30. The fourth-order valence-corrected chi connectivity index (χ4v) is 3.71. The van der Waals surface area contributed by atoms with E-state index in [0.717, 1.165) is 11.6 Å². The van der Waals surface area contributed by atoms with Gasteiger partial charge in [0.2, 0.25) is 10.0 Å². The quantitative estimate of drug-likeness (QED) is 0.354. The van der Waals surface area contributed by atoms with Crippen LogP contribution < -0.4 is 14.8 Å². The Morgan fingerprint density at radius 3 is 2.47 bits per heavy atom. The molecule has 0 saturated carbocycles. The van der Waals surface area contributed by atoms with Crippen LogP contribution in [0.25, 0.3) is 0 Å². The molecule has 0 heterocycles. The van der Waals surface area contributed by atoms with Crippen LogP contribution in [0.1, 0.15) is 26.3 Å². The van der Waals surface area contributed by atoms with Gasteiger partial charge in [-0.25, -0.2) is 13.1 Å². The number of carbonyl (C=O) groups is 1. The Bertz CT molecular complexity index is 1020. The summed E-state index contributed by atoms with van der Waals surface area (Å²) in [4.78, 5) is 21.9. The predicted molar refractivity (Wildman–Crippen MR) is 112 cm³/mol. The number of hydrogen-bond donors (Lipinski definition) is 2. The molecule has 2 aromatic carbocycles. The fraction of sp³-hybridized carbons (Fsp3) is 0.350. The molecule has 9 nitrogen and oxygen atoms in total. The molecule has 1 amide bonds. The van der Waals surface area contributed by atoms with Gasteiger partial charge in [-0.15, -0.1) is 0 Å². The van der Waals surface area contributed by atoms with Crippen LogP contribution in [0.2, 0.25) is 0 Å². The zero-order valence-corrected chi connectivity index (χ0v) is 17.9. The van der Waals surface area contributed by atoms with E-state index in [1.807, 2.05) is 39.0 Å². The van der Waals surface area contributed by atoms with Crippen molar-refractivity contribution in [3.63, 3.8) is 0 Å². The van der Waals surface area contributed by atoms with Crippen LogP contribution >= 0.6 is 0 Å². The second-order valence-electron chi connectivity index (χ2n) is 7.54. The molecule has 0 bridgehead atoms. The predicted octanol–water partition coefficient (Wildman–Crippen LogP) is 2.37. The molecule has 0 unspecified atom stereocenters. The van der Waals surface area contributed by atoms with Crippen molar-refractivity contribution in [1.82, 2.24) is 10.0 Å². The largest absolute Gasteiger partial charge is 0.483 e. The smallest absolute Gasteiger partial charge is 0.270 e. The lowest BCUT2D eigenvalue weighted by molar-refractivity contribution is -0.385. The Morgan fingerprint density at radius 2 is 1.80 bits per heavy atom. The maximum atomic E-state index is 12.2. The third kappa shape index (κ3) is 6.53. The number of non-ortho nitro benzene ring substituents is 1. The van der Waals surface area contributed by atoms with Crippen molar-refractivity contribution in [2.45, 2.75) is 31.1 Å². The molecule has 0 fully saturated rings. The van der Waals surface area contributed by atoms with Crippen molar-refractivity contribution in [2.75, 3.05) is 19.7 Å². The molecule has 0 radical (unpaired) electrons. The van der Waals surface area contributed by atoms with Crippen molar-refractivity contribution in [1.29, 1.82) is 0 Å². The van der Waals surface area contributed by atoms with E-state index < -0.39 is 20.9 Å². The highest BCUT2D eigenvalue weighted by atomic mass is 32.2. The van der Waals surface area contributed by atoms with Gasteiger partial charge in [0.05, 0.1) is 9.82 Å². The van der Waals surface area contributed by atoms with Gasteiger partial charge < -0.3 is 10.1 Å². The van der Waals surface area contributed by atoms with Crippen LogP contribution in [-0.4, -0.2) is 38.9 Å². The third-order valence-corrected chi connectivity index (χ3v) is 5.59. The fourth-order valence-electron chi connectivity index (χ4n) is 2.64. The molecule has 0 aromatic heterocycles. The summed E-state index contributed by atoms with van der Waals surface area (Å²) in [6, 6.07) is 12.2. The van der Waals surface area contributed by atoms with Crippen molar-refractivity contribution in [3.05, 3.63) is 64.2 Å². The van der Waals surface area contributed by atoms with Crippen LogP contribution in [0.15, 0.2) is 53.4 Å². The Hall–Kier alpha value is -2.98. The van der Waals surface area contributed by atoms with Gasteiger partial charge in [0.15, 0.2) is 6.61 Å². The molecule has 0 aliphatic heterocycles. The average Bonchev–Trinajstić information content (AvgIpc) is 2.69. The molecule has 0 atom stereocenters. The highest BCUT2D eigenvalue weighted by molar-refractivity contribution is 7.89. The zero-order chi connectivity index (χ0) is 22.4. The first-order valence-corrected chi connectivity index (χ1v) is 10.7. The lowest BCUT2D eigenvalue weighted by Crippen LogP contribution is -2.36. The maximum absolute atomic E-state index is 12.2. The number of benzene rings is 2.